The quantitative estimate of drug-likeness (QED) is 0.923. The number of carbonyl (C=O) groups excluding carboxylic acids is 2. The summed E-state index contributed by atoms with van der Waals surface area (Å²) in [5.41, 5.74) is 0.999. The van der Waals surface area contributed by atoms with Gasteiger partial charge < -0.3 is 10.2 Å². The Morgan fingerprint density at radius 3 is 2.92 bits per heavy atom. The topological polar surface area (TPSA) is 86.1 Å². The molecule has 1 aromatic heterocycles. The summed E-state index contributed by atoms with van der Waals surface area (Å²) in [7, 11) is 0. The van der Waals surface area contributed by atoms with Gasteiger partial charge in [0.15, 0.2) is 5.01 Å². The van der Waals surface area contributed by atoms with E-state index >= 15 is 0 Å². The van der Waals surface area contributed by atoms with E-state index in [0.29, 0.717) is 18.0 Å². The largest absolute Gasteiger partial charge is 0.341 e. The lowest BCUT2D eigenvalue weighted by Gasteiger charge is -2.19. The van der Waals surface area contributed by atoms with Crippen LogP contribution in [-0.2, 0) is 4.79 Å². The number of likely N-dealkylation sites (tertiary alicyclic amines) is 1. The zero-order valence-electron chi connectivity index (χ0n) is 12.9. The molecule has 1 saturated heterocycles. The van der Waals surface area contributed by atoms with Gasteiger partial charge in [0.1, 0.15) is 6.04 Å². The second-order valence-corrected chi connectivity index (χ2v) is 6.48. The summed E-state index contributed by atoms with van der Waals surface area (Å²) in [5, 5.41) is 11.9. The zero-order chi connectivity index (χ0) is 16.9. The van der Waals surface area contributed by atoms with Crippen LogP contribution in [0, 0.1) is 11.3 Å². The van der Waals surface area contributed by atoms with Crippen LogP contribution < -0.4 is 5.32 Å². The Morgan fingerprint density at radius 2 is 2.17 bits per heavy atom. The molecule has 24 heavy (non-hydrogen) atoms. The molecule has 1 aliphatic heterocycles. The molecule has 1 aromatic carbocycles. The van der Waals surface area contributed by atoms with Gasteiger partial charge in [0, 0.05) is 12.7 Å². The predicted molar refractivity (Wildman–Crippen MR) is 90.2 cm³/mol. The van der Waals surface area contributed by atoms with E-state index in [1.54, 1.807) is 6.20 Å². The number of carbonyl (C=O) groups is 2. The normalized spacial score (nSPS) is 16.6. The van der Waals surface area contributed by atoms with Crippen molar-refractivity contribution in [3.63, 3.8) is 0 Å². The summed E-state index contributed by atoms with van der Waals surface area (Å²) in [6.45, 7) is 0.458. The van der Waals surface area contributed by atoms with Crippen LogP contribution >= 0.6 is 11.3 Å². The summed E-state index contributed by atoms with van der Waals surface area (Å²) < 4.78 is 0. The lowest BCUT2D eigenvalue weighted by atomic mass is 10.2. The van der Waals surface area contributed by atoms with E-state index in [1.165, 1.54) is 16.2 Å². The van der Waals surface area contributed by atoms with Crippen molar-refractivity contribution in [3.8, 4) is 16.5 Å². The van der Waals surface area contributed by atoms with Gasteiger partial charge in [-0.05, 0) is 18.4 Å². The maximum absolute atomic E-state index is 12.2. The molecule has 2 heterocycles. The number of thiazole rings is 1. The third kappa shape index (κ3) is 3.44. The number of nitriles is 1. The fourth-order valence-electron chi connectivity index (χ4n) is 2.65. The second kappa shape index (κ2) is 7.23. The van der Waals surface area contributed by atoms with Crippen LogP contribution in [0.4, 0.5) is 0 Å². The molecule has 0 unspecified atom stereocenters. The van der Waals surface area contributed by atoms with Gasteiger partial charge >= 0.3 is 0 Å². The maximum atomic E-state index is 12.2. The zero-order valence-corrected chi connectivity index (χ0v) is 13.8. The minimum atomic E-state index is -0.376. The molecule has 0 aliphatic carbocycles. The van der Waals surface area contributed by atoms with E-state index in [2.05, 4.69) is 16.4 Å². The van der Waals surface area contributed by atoms with Crippen molar-refractivity contribution < 1.29 is 9.59 Å². The van der Waals surface area contributed by atoms with Gasteiger partial charge in [-0.25, -0.2) is 4.98 Å². The summed E-state index contributed by atoms with van der Waals surface area (Å²) in [6, 6.07) is 11.4. The summed E-state index contributed by atoms with van der Waals surface area (Å²) in [4.78, 5) is 30.8. The van der Waals surface area contributed by atoms with Gasteiger partial charge in [0.25, 0.3) is 5.91 Å². The fraction of sp³-hybridized carbons (Fsp3) is 0.294. The molecule has 0 spiro atoms. The van der Waals surface area contributed by atoms with Crippen molar-refractivity contribution in [3.05, 3.63) is 41.5 Å². The van der Waals surface area contributed by atoms with E-state index in [9.17, 15) is 9.59 Å². The van der Waals surface area contributed by atoms with Crippen LogP contribution in [-0.4, -0.2) is 40.8 Å². The molecule has 2 aromatic rings. The Balaban J connectivity index is 1.59. The first-order valence-electron chi connectivity index (χ1n) is 7.67. The van der Waals surface area contributed by atoms with Crippen LogP contribution in [0.15, 0.2) is 36.5 Å². The maximum Gasteiger partial charge on any atom is 0.280 e. The molecule has 6 nitrogen and oxygen atoms in total. The molecule has 0 radical (unpaired) electrons. The standard InChI is InChI=1S/C17H16N4O2S/c18-9-13-7-4-8-21(13)15(22)11-19-16(23)17-20-10-14(24-17)12-5-2-1-3-6-12/h1-3,5-6,10,13H,4,7-8,11H2,(H,19,23)/t13-/m0/s1. The second-order valence-electron chi connectivity index (χ2n) is 5.45. The highest BCUT2D eigenvalue weighted by atomic mass is 32.1. The Hall–Kier alpha value is -2.72. The monoisotopic (exact) mass is 340 g/mol. The Morgan fingerprint density at radius 1 is 1.38 bits per heavy atom. The number of hydrogen-bond donors (Lipinski definition) is 1. The summed E-state index contributed by atoms with van der Waals surface area (Å²) in [6.07, 6.45) is 3.18. The number of nitrogens with zero attached hydrogens (tertiary/aromatic N) is 3. The van der Waals surface area contributed by atoms with E-state index in [1.807, 2.05) is 30.3 Å². The Kier molecular flexibility index (Phi) is 4.87. The van der Waals surface area contributed by atoms with E-state index in [-0.39, 0.29) is 24.4 Å². The molecule has 1 atom stereocenters. The van der Waals surface area contributed by atoms with Gasteiger partial charge in [0.2, 0.25) is 5.91 Å². The molecular weight excluding hydrogens is 324 g/mol. The van der Waals surface area contributed by atoms with Gasteiger partial charge in [-0.15, -0.1) is 11.3 Å². The van der Waals surface area contributed by atoms with Crippen molar-refractivity contribution in [2.75, 3.05) is 13.1 Å². The average Bonchev–Trinajstić information content (AvgIpc) is 3.29. The molecule has 2 amide bonds. The van der Waals surface area contributed by atoms with Crippen LogP contribution in [0.25, 0.3) is 10.4 Å². The summed E-state index contributed by atoms with van der Waals surface area (Å²) in [5.74, 6) is -0.601. The van der Waals surface area contributed by atoms with Gasteiger partial charge in [0.05, 0.1) is 17.5 Å². The molecule has 0 saturated carbocycles. The number of hydrogen-bond acceptors (Lipinski definition) is 5. The van der Waals surface area contributed by atoms with E-state index in [4.69, 9.17) is 5.26 Å². The van der Waals surface area contributed by atoms with Crippen LogP contribution in [0.2, 0.25) is 0 Å². The lowest BCUT2D eigenvalue weighted by molar-refractivity contribution is -0.130. The Bertz CT molecular complexity index is 781. The molecule has 1 fully saturated rings. The highest BCUT2D eigenvalue weighted by molar-refractivity contribution is 7.16. The SMILES string of the molecule is N#C[C@@H]1CCCN1C(=O)CNC(=O)c1ncc(-c2ccccc2)s1. The lowest BCUT2D eigenvalue weighted by Crippen LogP contribution is -2.42. The summed E-state index contributed by atoms with van der Waals surface area (Å²) >= 11 is 1.28. The van der Waals surface area contributed by atoms with Crippen molar-refractivity contribution in [2.24, 2.45) is 0 Å². The molecule has 1 aliphatic rings. The first-order chi connectivity index (χ1) is 11.7. The van der Waals surface area contributed by atoms with Gasteiger partial charge in [-0.3, -0.25) is 9.59 Å². The fourth-order valence-corrected chi connectivity index (χ4v) is 3.49. The molecule has 122 valence electrons. The number of benzene rings is 1. The van der Waals surface area contributed by atoms with Crippen LogP contribution in [0.1, 0.15) is 22.6 Å². The van der Waals surface area contributed by atoms with Crippen molar-refractivity contribution in [1.82, 2.24) is 15.2 Å². The number of amides is 2. The molecule has 7 heteroatoms. The third-order valence-corrected chi connectivity index (χ3v) is 4.93. The minimum Gasteiger partial charge on any atom is -0.341 e. The molecule has 1 N–H and O–H groups in total. The predicted octanol–water partition coefficient (Wildman–Crippen LogP) is 2.05. The van der Waals surface area contributed by atoms with Crippen LogP contribution in [0.5, 0.6) is 0 Å². The first kappa shape index (κ1) is 16.1. The molecule has 3 rings (SSSR count). The highest BCUT2D eigenvalue weighted by Gasteiger charge is 2.28. The minimum absolute atomic E-state index is 0.114. The van der Waals surface area contributed by atoms with Crippen molar-refractivity contribution in [2.45, 2.75) is 18.9 Å². The number of rotatable bonds is 4. The van der Waals surface area contributed by atoms with Gasteiger partial charge in [-0.2, -0.15) is 5.26 Å². The number of aromatic nitrogens is 1. The smallest absolute Gasteiger partial charge is 0.280 e. The van der Waals surface area contributed by atoms with E-state index in [0.717, 1.165) is 16.9 Å². The van der Waals surface area contributed by atoms with Crippen molar-refractivity contribution in [1.29, 1.82) is 5.26 Å². The van der Waals surface area contributed by atoms with Crippen molar-refractivity contribution >= 4 is 23.2 Å². The number of nitrogens with one attached hydrogen (secondary N) is 1. The molecular formula is C17H16N4O2S. The average molecular weight is 340 g/mol. The molecule has 0 bridgehead atoms. The first-order valence-corrected chi connectivity index (χ1v) is 8.49. The van der Waals surface area contributed by atoms with Crippen LogP contribution in [0.3, 0.4) is 0 Å². The van der Waals surface area contributed by atoms with E-state index < -0.39 is 0 Å². The van der Waals surface area contributed by atoms with Gasteiger partial charge in [-0.1, -0.05) is 30.3 Å². The Labute approximate surface area is 143 Å². The third-order valence-electron chi connectivity index (χ3n) is 3.88. The highest BCUT2D eigenvalue weighted by Crippen LogP contribution is 2.25.